The number of rotatable bonds is 4. The third kappa shape index (κ3) is 4.11. The maximum Gasteiger partial charge on any atom is 0.417 e. The van der Waals surface area contributed by atoms with Gasteiger partial charge in [-0.3, -0.25) is 10.1 Å². The first-order valence-electron chi connectivity index (χ1n) is 8.64. The Morgan fingerprint density at radius 1 is 1.30 bits per heavy atom. The Morgan fingerprint density at radius 3 is 2.74 bits per heavy atom. The number of carbonyl (C=O) groups is 2. The van der Waals surface area contributed by atoms with Gasteiger partial charge in [-0.25, -0.2) is 4.79 Å². The van der Waals surface area contributed by atoms with E-state index in [1.54, 1.807) is 53.4 Å². The number of amides is 2. The molecule has 0 atom stereocenters. The number of hydrogen-bond donors (Lipinski definition) is 1. The summed E-state index contributed by atoms with van der Waals surface area (Å²) in [4.78, 5) is 26.6. The first-order chi connectivity index (χ1) is 12.9. The molecule has 2 amide bonds. The first-order valence-corrected chi connectivity index (χ1v) is 8.64. The van der Waals surface area contributed by atoms with Gasteiger partial charge in [-0.05, 0) is 44.2 Å². The van der Waals surface area contributed by atoms with Crippen molar-refractivity contribution in [2.75, 3.05) is 23.4 Å². The van der Waals surface area contributed by atoms with Gasteiger partial charge in [0.1, 0.15) is 18.1 Å². The van der Waals surface area contributed by atoms with Crippen LogP contribution in [-0.4, -0.2) is 25.2 Å². The van der Waals surface area contributed by atoms with E-state index in [4.69, 9.17) is 9.47 Å². The molecule has 0 radical (unpaired) electrons. The zero-order valence-corrected chi connectivity index (χ0v) is 15.4. The summed E-state index contributed by atoms with van der Waals surface area (Å²) in [6, 6.07) is 13.9. The molecular formula is C21H22N2O4. The summed E-state index contributed by atoms with van der Waals surface area (Å²) in [5, 5.41) is 2.68. The van der Waals surface area contributed by atoms with Crippen LogP contribution in [0.1, 0.15) is 13.8 Å². The lowest BCUT2D eigenvalue weighted by Crippen LogP contribution is -2.42. The van der Waals surface area contributed by atoms with Gasteiger partial charge < -0.3 is 14.4 Å². The largest absolute Gasteiger partial charge is 0.490 e. The lowest BCUT2D eigenvalue weighted by atomic mass is 9.93. The van der Waals surface area contributed by atoms with Crippen molar-refractivity contribution in [1.82, 2.24) is 0 Å². The topological polar surface area (TPSA) is 67.9 Å². The number of benzene rings is 2. The molecule has 0 saturated heterocycles. The van der Waals surface area contributed by atoms with Crippen LogP contribution in [0.4, 0.5) is 16.2 Å². The van der Waals surface area contributed by atoms with E-state index in [0.717, 1.165) is 0 Å². The van der Waals surface area contributed by atoms with Gasteiger partial charge in [0.2, 0.25) is 5.91 Å². The second kappa shape index (κ2) is 7.53. The molecule has 0 aliphatic carbocycles. The molecule has 140 valence electrons. The third-order valence-electron chi connectivity index (χ3n) is 4.17. The van der Waals surface area contributed by atoms with E-state index < -0.39 is 11.5 Å². The Balaban J connectivity index is 1.84. The van der Waals surface area contributed by atoms with Crippen LogP contribution in [0.15, 0.2) is 61.2 Å². The summed E-state index contributed by atoms with van der Waals surface area (Å²) in [6.07, 6.45) is 1.05. The van der Waals surface area contributed by atoms with Crippen LogP contribution in [0.3, 0.4) is 0 Å². The molecule has 1 N–H and O–H groups in total. The molecule has 0 fully saturated rings. The van der Waals surface area contributed by atoms with Crippen molar-refractivity contribution in [3.05, 3.63) is 61.2 Å². The maximum absolute atomic E-state index is 12.9. The molecule has 0 spiro atoms. The van der Waals surface area contributed by atoms with Crippen LogP contribution >= 0.6 is 0 Å². The van der Waals surface area contributed by atoms with Crippen LogP contribution in [0, 0.1) is 5.41 Å². The number of para-hydroxylation sites is 1. The smallest absolute Gasteiger partial charge is 0.417 e. The first kappa shape index (κ1) is 18.5. The van der Waals surface area contributed by atoms with E-state index in [-0.39, 0.29) is 12.5 Å². The summed E-state index contributed by atoms with van der Waals surface area (Å²) < 4.78 is 11.1. The molecule has 2 aromatic rings. The average molecular weight is 366 g/mol. The van der Waals surface area contributed by atoms with Gasteiger partial charge in [0, 0.05) is 12.2 Å². The van der Waals surface area contributed by atoms with Gasteiger partial charge in [0.25, 0.3) is 0 Å². The van der Waals surface area contributed by atoms with Crippen LogP contribution in [0.2, 0.25) is 0 Å². The minimum absolute atomic E-state index is 0.0647. The second-order valence-corrected chi connectivity index (χ2v) is 6.89. The molecule has 0 aromatic heterocycles. The lowest BCUT2D eigenvalue weighted by molar-refractivity contribution is -0.127. The number of nitrogens with zero attached hydrogens (tertiary/aromatic N) is 1. The molecule has 0 bridgehead atoms. The number of carbonyl (C=O) groups excluding carboxylic acids is 2. The summed E-state index contributed by atoms with van der Waals surface area (Å²) in [5.41, 5.74) is 0.421. The van der Waals surface area contributed by atoms with Gasteiger partial charge in [0.15, 0.2) is 0 Å². The number of anilines is 2. The van der Waals surface area contributed by atoms with E-state index in [9.17, 15) is 9.59 Å². The molecule has 0 saturated carbocycles. The lowest BCUT2D eigenvalue weighted by Gasteiger charge is -2.27. The maximum atomic E-state index is 12.9. The Morgan fingerprint density at radius 2 is 2.04 bits per heavy atom. The van der Waals surface area contributed by atoms with Crippen LogP contribution in [0.5, 0.6) is 11.5 Å². The summed E-state index contributed by atoms with van der Waals surface area (Å²) in [6.45, 7) is 8.03. The number of ether oxygens (including phenoxy) is 2. The number of hydrogen-bond acceptors (Lipinski definition) is 4. The highest BCUT2D eigenvalue weighted by Crippen LogP contribution is 2.38. The van der Waals surface area contributed by atoms with Gasteiger partial charge >= 0.3 is 6.09 Å². The summed E-state index contributed by atoms with van der Waals surface area (Å²) in [5.74, 6) is 0.959. The fourth-order valence-electron chi connectivity index (χ4n) is 2.77. The minimum Gasteiger partial charge on any atom is -0.490 e. The van der Waals surface area contributed by atoms with Crippen molar-refractivity contribution in [1.29, 1.82) is 0 Å². The molecule has 2 aromatic carbocycles. The summed E-state index contributed by atoms with van der Waals surface area (Å²) in [7, 11) is 0. The predicted octanol–water partition coefficient (Wildman–Crippen LogP) is 4.24. The number of nitrogens with one attached hydrogen (secondary N) is 1. The van der Waals surface area contributed by atoms with E-state index in [1.165, 1.54) is 0 Å². The predicted molar refractivity (Wildman–Crippen MR) is 104 cm³/mol. The van der Waals surface area contributed by atoms with E-state index in [0.29, 0.717) is 29.4 Å². The van der Waals surface area contributed by atoms with Crippen molar-refractivity contribution in [3.8, 4) is 11.5 Å². The number of fused-ring (bicyclic) bond motifs is 1. The van der Waals surface area contributed by atoms with Gasteiger partial charge in [-0.2, -0.15) is 0 Å². The average Bonchev–Trinajstić information content (AvgIpc) is 2.73. The molecule has 6 nitrogen and oxygen atoms in total. The van der Waals surface area contributed by atoms with E-state index in [2.05, 4.69) is 11.9 Å². The van der Waals surface area contributed by atoms with Crippen molar-refractivity contribution in [2.45, 2.75) is 13.8 Å². The van der Waals surface area contributed by atoms with Gasteiger partial charge in [-0.15, -0.1) is 6.58 Å². The second-order valence-electron chi connectivity index (χ2n) is 6.89. The standard InChI is InChI=1S/C21H22N2O4/c1-4-12-23-17-13-15(22-20(25)27-16-8-6-5-7-9-16)10-11-18(17)26-14-21(2,3)19(23)24/h4-11,13H,1,12,14H2,2-3H3,(H,22,25). The highest BCUT2D eigenvalue weighted by Gasteiger charge is 2.37. The highest BCUT2D eigenvalue weighted by molar-refractivity contribution is 6.00. The quantitative estimate of drug-likeness (QED) is 0.822. The molecule has 6 heteroatoms. The van der Waals surface area contributed by atoms with Crippen molar-refractivity contribution in [3.63, 3.8) is 0 Å². The summed E-state index contributed by atoms with van der Waals surface area (Å²) >= 11 is 0. The zero-order chi connectivity index (χ0) is 19.4. The Kier molecular flexibility index (Phi) is 5.16. The molecule has 1 heterocycles. The molecule has 1 aliphatic rings. The van der Waals surface area contributed by atoms with E-state index in [1.807, 2.05) is 19.9 Å². The van der Waals surface area contributed by atoms with Crippen molar-refractivity contribution in [2.24, 2.45) is 5.41 Å². The Labute approximate surface area is 158 Å². The Hall–Kier alpha value is -3.28. The Bertz CT molecular complexity index is 862. The molecular weight excluding hydrogens is 344 g/mol. The zero-order valence-electron chi connectivity index (χ0n) is 15.4. The van der Waals surface area contributed by atoms with Gasteiger partial charge in [-0.1, -0.05) is 24.3 Å². The highest BCUT2D eigenvalue weighted by atomic mass is 16.6. The van der Waals surface area contributed by atoms with Crippen molar-refractivity contribution >= 4 is 23.4 Å². The van der Waals surface area contributed by atoms with Crippen molar-refractivity contribution < 1.29 is 19.1 Å². The molecule has 0 unspecified atom stereocenters. The fourth-order valence-corrected chi connectivity index (χ4v) is 2.77. The SMILES string of the molecule is C=CCN1C(=O)C(C)(C)COc2ccc(NC(=O)Oc3ccccc3)cc21. The van der Waals surface area contributed by atoms with Crippen LogP contribution < -0.4 is 19.7 Å². The minimum atomic E-state index is -0.665. The third-order valence-corrected chi connectivity index (χ3v) is 4.17. The normalized spacial score (nSPS) is 15.2. The fraction of sp³-hybridized carbons (Fsp3) is 0.238. The molecule has 27 heavy (non-hydrogen) atoms. The van der Waals surface area contributed by atoms with Gasteiger partial charge in [0.05, 0.1) is 11.1 Å². The molecule has 3 rings (SSSR count). The van der Waals surface area contributed by atoms with Crippen LogP contribution in [-0.2, 0) is 4.79 Å². The monoisotopic (exact) mass is 366 g/mol. The van der Waals surface area contributed by atoms with E-state index >= 15 is 0 Å². The van der Waals surface area contributed by atoms with Crippen LogP contribution in [0.25, 0.3) is 0 Å². The molecule has 1 aliphatic heterocycles.